The summed E-state index contributed by atoms with van der Waals surface area (Å²) in [4.78, 5) is 42.8. The van der Waals surface area contributed by atoms with Crippen molar-refractivity contribution in [1.29, 1.82) is 0 Å². The number of nitrogens with two attached hydrogens (primary N) is 1. The molecule has 3 N–H and O–H groups in total. The van der Waals surface area contributed by atoms with Gasteiger partial charge in [-0.1, -0.05) is 44.2 Å². The summed E-state index contributed by atoms with van der Waals surface area (Å²) in [7, 11) is 3.71. The number of fused-ring (bicyclic) bond motifs is 1. The Bertz CT molecular complexity index is 1500. The molecule has 2 aromatic rings. The fourth-order valence-corrected chi connectivity index (χ4v) is 8.05. The Morgan fingerprint density at radius 1 is 1.18 bits per heavy atom. The number of methoxy groups -OCH3 is 1. The number of ketones is 1. The quantitative estimate of drug-likeness (QED) is 0.0913. The number of ether oxygens (including phenoxy) is 3. The van der Waals surface area contributed by atoms with Crippen LogP contribution in [0.2, 0.25) is 5.82 Å². The molecule has 13 heteroatoms. The first kappa shape index (κ1) is 39.1. The molecule has 0 unspecified atom stereocenters. The predicted octanol–water partition coefficient (Wildman–Crippen LogP) is 4.45. The molecule has 0 aliphatic carbocycles. The van der Waals surface area contributed by atoms with Gasteiger partial charge in [0.1, 0.15) is 31.3 Å². The minimum atomic E-state index is -1.16. The van der Waals surface area contributed by atoms with Crippen LogP contribution in [0.4, 0.5) is 10.5 Å². The molecule has 12 nitrogen and oxygen atoms in total. The van der Waals surface area contributed by atoms with Crippen molar-refractivity contribution in [1.82, 2.24) is 25.2 Å². The van der Waals surface area contributed by atoms with Gasteiger partial charge in [-0.3, -0.25) is 19.2 Å². The summed E-state index contributed by atoms with van der Waals surface area (Å²) in [6.07, 6.45) is 5.60. The van der Waals surface area contributed by atoms with E-state index < -0.39 is 47.2 Å². The van der Waals surface area contributed by atoms with E-state index in [1.165, 1.54) is 0 Å². The monoisotopic (exact) mass is 692 g/mol. The van der Waals surface area contributed by atoms with E-state index in [9.17, 15) is 14.4 Å². The lowest BCUT2D eigenvalue weighted by molar-refractivity contribution is -0.170. The Balaban J connectivity index is 1.57. The van der Waals surface area contributed by atoms with E-state index in [1.807, 2.05) is 65.2 Å². The molecular formula is C37H57BN6O6. The molecule has 4 rings (SSSR count). The van der Waals surface area contributed by atoms with Crippen molar-refractivity contribution in [2.75, 3.05) is 25.9 Å². The van der Waals surface area contributed by atoms with E-state index in [0.717, 1.165) is 17.7 Å². The number of aryl methyl sites for hydroxylation is 1. The van der Waals surface area contributed by atoms with Crippen LogP contribution in [0, 0.1) is 17.8 Å². The molecule has 0 bridgehead atoms. The number of carbonyl (C=O) groups is 3. The minimum Gasteiger partial charge on any atom is -0.458 e. The van der Waals surface area contributed by atoms with Crippen molar-refractivity contribution in [2.45, 2.75) is 115 Å². The van der Waals surface area contributed by atoms with Gasteiger partial charge in [0.2, 0.25) is 0 Å². The van der Waals surface area contributed by atoms with Crippen LogP contribution in [-0.2, 0) is 30.3 Å². The lowest BCUT2D eigenvalue weighted by atomic mass is 9.60. The highest BCUT2D eigenvalue weighted by Gasteiger charge is 2.58. The van der Waals surface area contributed by atoms with Crippen LogP contribution in [0.5, 0.6) is 0 Å². The molecule has 274 valence electrons. The SMILES string of the molecule is B[C@@H]1[C@H](C)C(=O)[C@@H](C)C(=O)O[C@H](CC)[C@@]2(C)OC(=O)N(CCCCn3cc(-c4cccc(N)c4)nn3)[C@@H]2[C@@H](C)NC[C@H](C)C[C@@]1(CC=C)OC. The molecule has 2 saturated heterocycles. The van der Waals surface area contributed by atoms with Crippen molar-refractivity contribution in [3.63, 3.8) is 0 Å². The Kier molecular flexibility index (Phi) is 12.9. The fraction of sp³-hybridized carbons (Fsp3) is 0.649. The van der Waals surface area contributed by atoms with Gasteiger partial charge in [0.05, 0.1) is 17.8 Å². The summed E-state index contributed by atoms with van der Waals surface area (Å²) in [6.45, 7) is 17.1. The zero-order chi connectivity index (χ0) is 36.8. The summed E-state index contributed by atoms with van der Waals surface area (Å²) in [5.41, 5.74) is 6.44. The number of nitrogens with one attached hydrogen (secondary N) is 1. The summed E-state index contributed by atoms with van der Waals surface area (Å²) < 4.78 is 20.3. The highest BCUT2D eigenvalue weighted by atomic mass is 16.6. The second-order valence-corrected chi connectivity index (χ2v) is 14.7. The number of Topliss-reactive ketones (excluding diaryl/α,β-unsaturated/α-hetero) is 1. The molecule has 2 aliphatic heterocycles. The molecule has 1 amide bonds. The smallest absolute Gasteiger partial charge is 0.410 e. The summed E-state index contributed by atoms with van der Waals surface area (Å²) >= 11 is 0. The van der Waals surface area contributed by atoms with E-state index in [4.69, 9.17) is 19.9 Å². The minimum absolute atomic E-state index is 0.155. The number of esters is 1. The second-order valence-electron chi connectivity index (χ2n) is 14.7. The van der Waals surface area contributed by atoms with Gasteiger partial charge in [0, 0.05) is 43.4 Å². The summed E-state index contributed by atoms with van der Waals surface area (Å²) in [5, 5.41) is 12.3. The Labute approximate surface area is 298 Å². The fourth-order valence-electron chi connectivity index (χ4n) is 8.05. The van der Waals surface area contributed by atoms with Gasteiger partial charge in [-0.2, -0.15) is 0 Å². The molecule has 1 aromatic carbocycles. The van der Waals surface area contributed by atoms with Crippen LogP contribution in [0.15, 0.2) is 43.1 Å². The van der Waals surface area contributed by atoms with Crippen molar-refractivity contribution in [2.24, 2.45) is 17.8 Å². The van der Waals surface area contributed by atoms with Gasteiger partial charge in [-0.25, -0.2) is 4.79 Å². The first-order chi connectivity index (χ1) is 23.7. The average molecular weight is 693 g/mol. The van der Waals surface area contributed by atoms with Crippen molar-refractivity contribution >= 4 is 31.4 Å². The van der Waals surface area contributed by atoms with E-state index in [1.54, 1.807) is 23.6 Å². The maximum Gasteiger partial charge on any atom is 0.410 e. The van der Waals surface area contributed by atoms with Crippen LogP contribution in [0.1, 0.15) is 73.6 Å². The maximum atomic E-state index is 13.8. The zero-order valence-electron chi connectivity index (χ0n) is 31.2. The number of benzene rings is 1. The standard InChI is InChI=1S/C37H57BN6O6/c1-9-16-37(48-8)20-23(3)21-40-26(6)33-36(7,30(10-2)49-34(46)25(5)31(45)24(4)32(37)38)50-35(47)44(33)18-12-11-17-43-22-29(41-42-43)27-14-13-15-28(39)19-27/h9,13-15,19,22-26,30,32-33,40H,1,10-12,16-18,20-21,38-39H2,2-8H3/t23-,24-,25-,26-,30-,32-,33-,36-,37-/m1/s1. The van der Waals surface area contributed by atoms with E-state index in [0.29, 0.717) is 51.0 Å². The van der Waals surface area contributed by atoms with Crippen LogP contribution in [0.3, 0.4) is 0 Å². The van der Waals surface area contributed by atoms with Gasteiger partial charge in [-0.05, 0) is 83.3 Å². The van der Waals surface area contributed by atoms with Gasteiger partial charge >= 0.3 is 12.1 Å². The molecule has 1 aromatic heterocycles. The average Bonchev–Trinajstić information content (AvgIpc) is 3.67. The third-order valence-corrected chi connectivity index (χ3v) is 11.2. The molecule has 0 saturated carbocycles. The molecular weight excluding hydrogens is 635 g/mol. The number of amides is 1. The van der Waals surface area contributed by atoms with Crippen molar-refractivity contribution in [3.8, 4) is 11.3 Å². The predicted molar refractivity (Wildman–Crippen MR) is 196 cm³/mol. The number of nitrogens with zero attached hydrogens (tertiary/aromatic N) is 4. The molecule has 0 spiro atoms. The number of carbonyl (C=O) groups excluding carboxylic acids is 3. The highest BCUT2D eigenvalue weighted by molar-refractivity contribution is 6.15. The number of hydrogen-bond acceptors (Lipinski definition) is 10. The maximum absolute atomic E-state index is 13.8. The largest absolute Gasteiger partial charge is 0.458 e. The highest BCUT2D eigenvalue weighted by Crippen LogP contribution is 2.42. The zero-order valence-corrected chi connectivity index (χ0v) is 31.2. The first-order valence-corrected chi connectivity index (χ1v) is 18.1. The first-order valence-electron chi connectivity index (χ1n) is 18.1. The molecule has 50 heavy (non-hydrogen) atoms. The third-order valence-electron chi connectivity index (χ3n) is 11.2. The number of nitrogen functional groups attached to an aromatic ring is 1. The van der Waals surface area contributed by atoms with E-state index >= 15 is 0 Å². The lowest BCUT2D eigenvalue weighted by Gasteiger charge is -2.42. The van der Waals surface area contributed by atoms with Gasteiger partial charge in [-0.15, -0.1) is 11.7 Å². The third kappa shape index (κ3) is 8.25. The number of anilines is 1. The normalized spacial score (nSPS) is 32.8. The molecule has 0 radical (unpaired) electrons. The topological polar surface area (TPSA) is 151 Å². The Morgan fingerprint density at radius 3 is 2.56 bits per heavy atom. The summed E-state index contributed by atoms with van der Waals surface area (Å²) in [5.74, 6) is -2.31. The van der Waals surface area contributed by atoms with Crippen molar-refractivity contribution in [3.05, 3.63) is 43.1 Å². The van der Waals surface area contributed by atoms with Crippen LogP contribution in [0.25, 0.3) is 11.3 Å². The van der Waals surface area contributed by atoms with E-state index in [-0.39, 0.29) is 23.6 Å². The van der Waals surface area contributed by atoms with Crippen LogP contribution in [-0.4, -0.2) is 95.2 Å². The number of unbranched alkanes of at least 4 members (excludes halogenated alkanes) is 1. The van der Waals surface area contributed by atoms with Gasteiger partial charge in [0.15, 0.2) is 5.60 Å². The van der Waals surface area contributed by atoms with Gasteiger partial charge < -0.3 is 25.3 Å². The molecule has 2 aliphatic rings. The Morgan fingerprint density at radius 2 is 1.90 bits per heavy atom. The number of rotatable bonds is 10. The van der Waals surface area contributed by atoms with Gasteiger partial charge in [0.25, 0.3) is 0 Å². The van der Waals surface area contributed by atoms with Crippen LogP contribution < -0.4 is 11.1 Å². The molecule has 2 fully saturated rings. The van der Waals surface area contributed by atoms with E-state index in [2.05, 4.69) is 36.1 Å². The molecule has 3 heterocycles. The second kappa shape index (κ2) is 16.5. The molecule has 9 atom stereocenters. The Hall–Kier alpha value is -3.71. The lowest BCUT2D eigenvalue weighted by Crippen LogP contribution is -2.61. The van der Waals surface area contributed by atoms with Crippen LogP contribution >= 0.6 is 0 Å². The summed E-state index contributed by atoms with van der Waals surface area (Å²) in [6, 6.07) is 6.86. The number of cyclic esters (lactones) is 1. The number of aromatic nitrogens is 3. The number of hydrogen-bond donors (Lipinski definition) is 2. The van der Waals surface area contributed by atoms with Crippen molar-refractivity contribution < 1.29 is 28.6 Å².